The van der Waals surface area contributed by atoms with Crippen molar-refractivity contribution in [2.45, 2.75) is 24.9 Å². The fourth-order valence-electron chi connectivity index (χ4n) is 5.10. The van der Waals surface area contributed by atoms with E-state index in [1.54, 1.807) is 12.0 Å². The second kappa shape index (κ2) is 8.75. The monoisotopic (exact) mass is 442 g/mol. The second-order valence-corrected chi connectivity index (χ2v) is 8.68. The molecular weight excluding hydrogens is 416 g/mol. The van der Waals surface area contributed by atoms with Crippen LogP contribution in [-0.2, 0) is 9.53 Å². The minimum atomic E-state index is -0.264. The lowest BCUT2D eigenvalue weighted by molar-refractivity contribution is -0.160. The van der Waals surface area contributed by atoms with Gasteiger partial charge in [-0.05, 0) is 23.6 Å². The van der Waals surface area contributed by atoms with Gasteiger partial charge in [0.2, 0.25) is 5.91 Å². The molecule has 1 unspecified atom stereocenters. The number of piperazine rings is 1. The Morgan fingerprint density at radius 3 is 2.64 bits per heavy atom. The molecule has 168 valence electrons. The van der Waals surface area contributed by atoms with Crippen molar-refractivity contribution in [2.24, 2.45) is 0 Å². The maximum atomic E-state index is 13.0. The standard InChI is InChI=1S/C26H26N4O3/c1-17-4-3-5-20(12-17)18-6-8-19(9-7-18)25-22-14-29(26(32)21-13-27-10-11-28-21)15-24(31)30(22)23(25)16-33-2/h3-13,22-23,25H,14-16H2,1-2H3/t22?,23-,25+/m1/s1. The lowest BCUT2D eigenvalue weighted by atomic mass is 9.73. The Labute approximate surface area is 193 Å². The predicted molar refractivity (Wildman–Crippen MR) is 124 cm³/mol. The number of rotatable bonds is 5. The van der Waals surface area contributed by atoms with Gasteiger partial charge >= 0.3 is 0 Å². The summed E-state index contributed by atoms with van der Waals surface area (Å²) < 4.78 is 5.45. The summed E-state index contributed by atoms with van der Waals surface area (Å²) >= 11 is 0. The van der Waals surface area contributed by atoms with Crippen molar-refractivity contribution in [2.75, 3.05) is 26.8 Å². The summed E-state index contributed by atoms with van der Waals surface area (Å²) in [7, 11) is 1.66. The van der Waals surface area contributed by atoms with Crippen LogP contribution < -0.4 is 0 Å². The molecule has 0 radical (unpaired) electrons. The molecule has 0 N–H and O–H groups in total. The number of benzene rings is 2. The maximum absolute atomic E-state index is 13.0. The summed E-state index contributed by atoms with van der Waals surface area (Å²) in [5.74, 6) is -0.226. The molecule has 0 aliphatic carbocycles. The number of hydrogen-bond acceptors (Lipinski definition) is 5. The highest BCUT2D eigenvalue weighted by molar-refractivity contribution is 5.96. The molecule has 3 heterocycles. The van der Waals surface area contributed by atoms with Crippen molar-refractivity contribution < 1.29 is 14.3 Å². The first kappa shape index (κ1) is 21.3. The Bertz CT molecular complexity index is 1170. The number of hydrogen-bond donors (Lipinski definition) is 0. The molecule has 0 saturated carbocycles. The van der Waals surface area contributed by atoms with Gasteiger partial charge in [0.05, 0.1) is 24.9 Å². The average Bonchev–Trinajstić information content (AvgIpc) is 2.83. The quantitative estimate of drug-likeness (QED) is 0.607. The Hall–Kier alpha value is -3.58. The lowest BCUT2D eigenvalue weighted by Crippen LogP contribution is -2.73. The molecule has 3 atom stereocenters. The topological polar surface area (TPSA) is 75.6 Å². The van der Waals surface area contributed by atoms with Crippen LogP contribution in [-0.4, -0.2) is 70.5 Å². The van der Waals surface area contributed by atoms with Crippen LogP contribution >= 0.6 is 0 Å². The molecule has 0 spiro atoms. The van der Waals surface area contributed by atoms with Gasteiger partial charge in [0.1, 0.15) is 12.2 Å². The fourth-order valence-corrected chi connectivity index (χ4v) is 5.10. The van der Waals surface area contributed by atoms with Crippen LogP contribution in [0.2, 0.25) is 0 Å². The third kappa shape index (κ3) is 3.89. The van der Waals surface area contributed by atoms with Gasteiger partial charge in [0, 0.05) is 32.0 Å². The maximum Gasteiger partial charge on any atom is 0.274 e. The average molecular weight is 443 g/mol. The number of carbonyl (C=O) groups excluding carboxylic acids is 2. The van der Waals surface area contributed by atoms with Gasteiger partial charge < -0.3 is 14.5 Å². The minimum Gasteiger partial charge on any atom is -0.383 e. The summed E-state index contributed by atoms with van der Waals surface area (Å²) in [5.41, 5.74) is 4.96. The summed E-state index contributed by atoms with van der Waals surface area (Å²) in [4.78, 5) is 37.5. The van der Waals surface area contributed by atoms with E-state index >= 15 is 0 Å². The highest BCUT2D eigenvalue weighted by Gasteiger charge is 2.54. The van der Waals surface area contributed by atoms with E-state index in [-0.39, 0.29) is 42.1 Å². The Morgan fingerprint density at radius 2 is 1.94 bits per heavy atom. The van der Waals surface area contributed by atoms with Gasteiger partial charge in [-0.15, -0.1) is 0 Å². The van der Waals surface area contributed by atoms with Gasteiger partial charge in [0.15, 0.2) is 0 Å². The van der Waals surface area contributed by atoms with Gasteiger partial charge in [-0.3, -0.25) is 14.6 Å². The predicted octanol–water partition coefficient (Wildman–Crippen LogP) is 2.92. The first-order chi connectivity index (χ1) is 16.1. The van der Waals surface area contributed by atoms with Crippen molar-refractivity contribution in [3.05, 3.63) is 83.9 Å². The van der Waals surface area contributed by atoms with Gasteiger partial charge in [-0.25, -0.2) is 4.98 Å². The zero-order valence-corrected chi connectivity index (χ0v) is 18.7. The zero-order chi connectivity index (χ0) is 22.9. The van der Waals surface area contributed by atoms with E-state index in [9.17, 15) is 9.59 Å². The van der Waals surface area contributed by atoms with Crippen LogP contribution in [0, 0.1) is 6.92 Å². The Balaban J connectivity index is 1.40. The van der Waals surface area contributed by atoms with Crippen LogP contribution in [0.25, 0.3) is 11.1 Å². The molecule has 2 aliphatic heterocycles. The SMILES string of the molecule is COC[C@@H]1[C@@H](c2ccc(-c3cccc(C)c3)cc2)C2CN(C(=O)c3cnccn3)CC(=O)N21. The van der Waals surface area contributed by atoms with E-state index in [0.717, 1.165) is 11.1 Å². The van der Waals surface area contributed by atoms with Crippen molar-refractivity contribution in [1.29, 1.82) is 0 Å². The van der Waals surface area contributed by atoms with E-state index in [1.165, 1.54) is 29.7 Å². The van der Waals surface area contributed by atoms with E-state index in [0.29, 0.717) is 13.2 Å². The van der Waals surface area contributed by atoms with Crippen molar-refractivity contribution in [3.8, 4) is 11.1 Å². The van der Waals surface area contributed by atoms with Gasteiger partial charge in [0.25, 0.3) is 5.91 Å². The molecule has 3 aromatic rings. The molecule has 7 nitrogen and oxygen atoms in total. The first-order valence-corrected chi connectivity index (χ1v) is 11.1. The summed E-state index contributed by atoms with van der Waals surface area (Å²) in [6.07, 6.45) is 4.45. The molecule has 2 aliphatic rings. The molecule has 5 rings (SSSR count). The van der Waals surface area contributed by atoms with Crippen LogP contribution in [0.5, 0.6) is 0 Å². The number of carbonyl (C=O) groups is 2. The number of methoxy groups -OCH3 is 1. The minimum absolute atomic E-state index is 0.0360. The summed E-state index contributed by atoms with van der Waals surface area (Å²) in [6.45, 7) is 3.06. The van der Waals surface area contributed by atoms with Gasteiger partial charge in [-0.1, -0.05) is 54.1 Å². The van der Waals surface area contributed by atoms with E-state index < -0.39 is 0 Å². The van der Waals surface area contributed by atoms with Crippen molar-refractivity contribution >= 4 is 11.8 Å². The third-order valence-electron chi connectivity index (χ3n) is 6.62. The summed E-state index contributed by atoms with van der Waals surface area (Å²) in [5, 5.41) is 0. The number of ether oxygens (including phenoxy) is 1. The number of nitrogens with zero attached hydrogens (tertiary/aromatic N) is 4. The lowest BCUT2D eigenvalue weighted by Gasteiger charge is -2.59. The second-order valence-electron chi connectivity index (χ2n) is 8.68. The molecule has 0 bridgehead atoms. The molecular formula is C26H26N4O3. The third-order valence-corrected chi connectivity index (χ3v) is 6.62. The van der Waals surface area contributed by atoms with Crippen LogP contribution in [0.1, 0.15) is 27.5 Å². The number of fused-ring (bicyclic) bond motifs is 1. The molecule has 2 aromatic carbocycles. The fraction of sp³-hybridized carbons (Fsp3) is 0.308. The molecule has 2 amide bonds. The number of aromatic nitrogens is 2. The molecule has 2 fully saturated rings. The smallest absolute Gasteiger partial charge is 0.274 e. The van der Waals surface area contributed by atoms with E-state index in [2.05, 4.69) is 65.4 Å². The van der Waals surface area contributed by atoms with E-state index in [4.69, 9.17) is 4.74 Å². The van der Waals surface area contributed by atoms with Crippen molar-refractivity contribution in [3.63, 3.8) is 0 Å². The Kier molecular flexibility index (Phi) is 5.64. The van der Waals surface area contributed by atoms with Crippen LogP contribution in [0.4, 0.5) is 0 Å². The van der Waals surface area contributed by atoms with Crippen LogP contribution in [0.3, 0.4) is 0 Å². The Morgan fingerprint density at radius 1 is 1.12 bits per heavy atom. The molecule has 7 heteroatoms. The number of aryl methyl sites for hydroxylation is 1. The highest BCUT2D eigenvalue weighted by atomic mass is 16.5. The van der Waals surface area contributed by atoms with Crippen molar-refractivity contribution in [1.82, 2.24) is 19.8 Å². The van der Waals surface area contributed by atoms with Gasteiger partial charge in [-0.2, -0.15) is 0 Å². The number of amides is 2. The zero-order valence-electron chi connectivity index (χ0n) is 18.7. The molecule has 33 heavy (non-hydrogen) atoms. The normalized spacial score (nSPS) is 22.0. The summed E-state index contributed by atoms with van der Waals surface area (Å²) in [6, 6.07) is 16.8. The molecule has 1 aromatic heterocycles. The highest BCUT2D eigenvalue weighted by Crippen LogP contribution is 2.43. The first-order valence-electron chi connectivity index (χ1n) is 11.1. The molecule has 2 saturated heterocycles. The van der Waals surface area contributed by atoms with Crippen LogP contribution in [0.15, 0.2) is 67.1 Å². The largest absolute Gasteiger partial charge is 0.383 e. The van der Waals surface area contributed by atoms with E-state index in [1.807, 2.05) is 4.90 Å².